The lowest BCUT2D eigenvalue weighted by Crippen LogP contribution is -2.17. The van der Waals surface area contributed by atoms with E-state index in [1.54, 1.807) is 40.0 Å². The highest BCUT2D eigenvalue weighted by atomic mass is 32.2. The fourth-order valence-corrected chi connectivity index (χ4v) is 5.45. The van der Waals surface area contributed by atoms with Crippen molar-refractivity contribution in [2.24, 2.45) is 0 Å². The molecule has 9 nitrogen and oxygen atoms in total. The van der Waals surface area contributed by atoms with Gasteiger partial charge in [-0.05, 0) is 56.0 Å². The first-order chi connectivity index (χ1) is 16.6. The summed E-state index contributed by atoms with van der Waals surface area (Å²) in [5, 5.41) is 12.1. The molecule has 0 saturated carbocycles. The van der Waals surface area contributed by atoms with Gasteiger partial charge in [-0.2, -0.15) is 13.4 Å². The first-order valence-electron chi connectivity index (χ1n) is 11.2. The zero-order valence-corrected chi connectivity index (χ0v) is 21.5. The normalized spacial score (nSPS) is 11.5. The molecular weight excluding hydrogens is 468 g/mol. The molecule has 10 heteroatoms. The van der Waals surface area contributed by atoms with E-state index < -0.39 is 10.1 Å². The fourth-order valence-electron chi connectivity index (χ4n) is 4.12. The fraction of sp³-hybridized carbons (Fsp3) is 0.360. The topological polar surface area (TPSA) is 137 Å². The van der Waals surface area contributed by atoms with Crippen molar-refractivity contribution in [1.29, 1.82) is 0 Å². The largest absolute Gasteiger partial charge is 0.496 e. The van der Waals surface area contributed by atoms with E-state index in [0.717, 1.165) is 16.7 Å². The van der Waals surface area contributed by atoms with Crippen molar-refractivity contribution in [3.63, 3.8) is 0 Å². The van der Waals surface area contributed by atoms with Crippen LogP contribution >= 0.6 is 0 Å². The molecule has 0 radical (unpaired) electrons. The van der Waals surface area contributed by atoms with Crippen molar-refractivity contribution in [3.05, 3.63) is 69.4 Å². The van der Waals surface area contributed by atoms with Gasteiger partial charge in [0.05, 0.1) is 19.4 Å². The summed E-state index contributed by atoms with van der Waals surface area (Å²) in [5.41, 5.74) is 10.8. The minimum Gasteiger partial charge on any atom is -0.496 e. The number of rotatable bonds is 10. The van der Waals surface area contributed by atoms with Gasteiger partial charge in [-0.25, -0.2) is 4.98 Å². The number of aryl methyl sites for hydroxylation is 4. The zero-order valence-electron chi connectivity index (χ0n) is 20.7. The first-order valence-corrected chi connectivity index (χ1v) is 12.6. The van der Waals surface area contributed by atoms with Crippen LogP contribution in [0.2, 0.25) is 0 Å². The molecule has 2 aromatic carbocycles. The number of nitrogens with one attached hydrogen (secondary N) is 1. The number of nitrogens with zero attached hydrogens (tertiary/aromatic N) is 2. The summed E-state index contributed by atoms with van der Waals surface area (Å²) in [6, 6.07) is 9.32. The molecule has 3 rings (SSSR count). The van der Waals surface area contributed by atoms with E-state index in [4.69, 9.17) is 19.8 Å². The van der Waals surface area contributed by atoms with Crippen molar-refractivity contribution in [1.82, 2.24) is 15.3 Å². The van der Waals surface area contributed by atoms with E-state index in [2.05, 4.69) is 15.3 Å². The Balaban J connectivity index is 1.99. The van der Waals surface area contributed by atoms with E-state index in [-0.39, 0.29) is 29.8 Å². The highest BCUT2D eigenvalue weighted by Gasteiger charge is 2.26. The minimum absolute atomic E-state index is 0.0545. The van der Waals surface area contributed by atoms with Gasteiger partial charge in [0, 0.05) is 25.1 Å². The average Bonchev–Trinajstić information content (AvgIpc) is 2.75. The minimum atomic E-state index is -4.18. The number of hydrogen-bond donors (Lipinski definition) is 3. The smallest absolute Gasteiger partial charge is 0.341 e. The lowest BCUT2D eigenvalue weighted by atomic mass is 10.0. The van der Waals surface area contributed by atoms with Crippen LogP contribution in [0.15, 0.2) is 35.2 Å². The van der Waals surface area contributed by atoms with Crippen LogP contribution in [0.4, 0.5) is 5.95 Å². The second-order valence-corrected chi connectivity index (χ2v) is 9.92. The molecule has 0 bridgehead atoms. The van der Waals surface area contributed by atoms with Crippen LogP contribution in [0.3, 0.4) is 0 Å². The van der Waals surface area contributed by atoms with E-state index in [1.807, 2.05) is 25.1 Å². The summed E-state index contributed by atoms with van der Waals surface area (Å²) in [7, 11) is -2.61. The third-order valence-corrected chi connectivity index (χ3v) is 7.09. The van der Waals surface area contributed by atoms with E-state index in [1.165, 1.54) is 0 Å². The molecule has 0 unspecified atom stereocenters. The van der Waals surface area contributed by atoms with Gasteiger partial charge < -0.3 is 25.1 Å². The Morgan fingerprint density at radius 1 is 1.06 bits per heavy atom. The molecule has 188 valence electrons. The Morgan fingerprint density at radius 2 is 1.74 bits per heavy atom. The van der Waals surface area contributed by atoms with Gasteiger partial charge in [0.25, 0.3) is 0 Å². The molecule has 0 aliphatic heterocycles. The monoisotopic (exact) mass is 500 g/mol. The first kappa shape index (κ1) is 26.4. The third kappa shape index (κ3) is 6.27. The summed E-state index contributed by atoms with van der Waals surface area (Å²) < 4.78 is 37.8. The highest BCUT2D eigenvalue weighted by Crippen LogP contribution is 2.31. The maximum atomic E-state index is 13.3. The van der Waals surface area contributed by atoms with Crippen LogP contribution in [0.25, 0.3) is 0 Å². The second-order valence-electron chi connectivity index (χ2n) is 8.44. The van der Waals surface area contributed by atoms with Gasteiger partial charge >= 0.3 is 10.1 Å². The number of hydrogen-bond acceptors (Lipinski definition) is 9. The van der Waals surface area contributed by atoms with Crippen molar-refractivity contribution in [2.75, 3.05) is 26.0 Å². The molecular formula is C25H32N4O5S. The Kier molecular flexibility index (Phi) is 8.31. The predicted octanol–water partition coefficient (Wildman–Crippen LogP) is 2.74. The van der Waals surface area contributed by atoms with Gasteiger partial charge in [0.2, 0.25) is 11.8 Å². The Morgan fingerprint density at radius 3 is 2.37 bits per heavy atom. The predicted molar refractivity (Wildman–Crippen MR) is 134 cm³/mol. The average molecular weight is 501 g/mol. The number of ether oxygens (including phenoxy) is 1. The zero-order chi connectivity index (χ0) is 25.8. The standard InChI is InChI=1S/C25H32N4O5S/c1-15-10-16(2)23(17(3)11-15)35(31,32)34-24-21(18(4)28-25(26)29-24)13-20-7-6-19(12-22(20)33-5)14-27-8-9-30/h6-7,10-12,27,30H,8-9,13-14H2,1-5H3,(H2,26,28,29). The number of methoxy groups -OCH3 is 1. The molecule has 0 amide bonds. The molecule has 4 N–H and O–H groups in total. The SMILES string of the molecule is COc1cc(CNCCO)ccc1Cc1c(C)nc(N)nc1OS(=O)(=O)c1c(C)cc(C)cc1C. The highest BCUT2D eigenvalue weighted by molar-refractivity contribution is 7.87. The quantitative estimate of drug-likeness (QED) is 0.283. The Hall–Kier alpha value is -3.21. The van der Waals surface area contributed by atoms with Gasteiger partial charge in [-0.1, -0.05) is 29.8 Å². The van der Waals surface area contributed by atoms with Gasteiger partial charge in [0.1, 0.15) is 10.6 Å². The molecule has 1 aromatic heterocycles. The van der Waals surface area contributed by atoms with Gasteiger partial charge in [-0.15, -0.1) is 0 Å². The molecule has 0 aliphatic carbocycles. The number of anilines is 1. The molecule has 35 heavy (non-hydrogen) atoms. The molecule has 0 fully saturated rings. The number of nitrogen functional groups attached to an aromatic ring is 1. The summed E-state index contributed by atoms with van der Waals surface area (Å²) in [6.07, 6.45) is 0.274. The number of benzene rings is 2. The van der Waals surface area contributed by atoms with Crippen LogP contribution in [0.1, 0.15) is 39.1 Å². The Bertz CT molecular complexity index is 1300. The Labute approximate surface area is 206 Å². The summed E-state index contributed by atoms with van der Waals surface area (Å²) in [4.78, 5) is 8.46. The molecule has 0 atom stereocenters. The van der Waals surface area contributed by atoms with E-state index >= 15 is 0 Å². The molecule has 1 heterocycles. The van der Waals surface area contributed by atoms with Crippen molar-refractivity contribution in [3.8, 4) is 11.6 Å². The van der Waals surface area contributed by atoms with Crippen LogP contribution < -0.4 is 20.0 Å². The third-order valence-electron chi connectivity index (χ3n) is 5.57. The molecule has 3 aromatic rings. The number of aliphatic hydroxyl groups is 1. The van der Waals surface area contributed by atoms with Gasteiger partial charge in [-0.3, -0.25) is 0 Å². The lowest BCUT2D eigenvalue weighted by molar-refractivity contribution is 0.292. The summed E-state index contributed by atoms with van der Waals surface area (Å²) in [5.74, 6) is 0.444. The summed E-state index contributed by atoms with van der Waals surface area (Å²) >= 11 is 0. The van der Waals surface area contributed by atoms with E-state index in [9.17, 15) is 8.42 Å². The van der Waals surface area contributed by atoms with Gasteiger partial charge in [0.15, 0.2) is 0 Å². The van der Waals surface area contributed by atoms with Crippen LogP contribution in [0.5, 0.6) is 11.6 Å². The second kappa shape index (κ2) is 11.0. The summed E-state index contributed by atoms with van der Waals surface area (Å²) in [6.45, 7) is 8.22. The van der Waals surface area contributed by atoms with Crippen LogP contribution in [0, 0.1) is 27.7 Å². The number of aromatic nitrogens is 2. The van der Waals surface area contributed by atoms with Crippen LogP contribution in [-0.2, 0) is 23.1 Å². The maximum absolute atomic E-state index is 13.3. The molecule has 0 aliphatic rings. The van der Waals surface area contributed by atoms with Crippen LogP contribution in [-0.4, -0.2) is 43.8 Å². The van der Waals surface area contributed by atoms with Crippen molar-refractivity contribution >= 4 is 16.1 Å². The lowest BCUT2D eigenvalue weighted by Gasteiger charge is -2.17. The van der Waals surface area contributed by atoms with E-state index in [0.29, 0.717) is 41.2 Å². The van der Waals surface area contributed by atoms with Crippen molar-refractivity contribution in [2.45, 2.75) is 45.6 Å². The van der Waals surface area contributed by atoms with Crippen molar-refractivity contribution < 1.29 is 22.4 Å². The number of nitrogens with two attached hydrogens (primary N) is 1. The molecule has 0 spiro atoms. The maximum Gasteiger partial charge on any atom is 0.341 e. The molecule has 0 saturated heterocycles. The number of aliphatic hydroxyl groups excluding tert-OH is 1.